The van der Waals surface area contributed by atoms with E-state index >= 15 is 0 Å². The van der Waals surface area contributed by atoms with Crippen molar-refractivity contribution in [2.24, 2.45) is 5.92 Å². The molecular weight excluding hydrogens is 434 g/mol. The third kappa shape index (κ3) is 4.75. The number of nitrogen functional groups attached to an aromatic ring is 1. The molecule has 4 heterocycles. The molecule has 4 N–H and O–H groups in total. The maximum absolute atomic E-state index is 6.35. The van der Waals surface area contributed by atoms with E-state index < -0.39 is 0 Å². The number of anilines is 2. The predicted octanol–water partition coefficient (Wildman–Crippen LogP) is 5.84. The molecule has 7 heteroatoms. The molecule has 0 radical (unpaired) electrons. The zero-order chi connectivity index (χ0) is 24.4. The van der Waals surface area contributed by atoms with Crippen molar-refractivity contribution in [1.29, 1.82) is 0 Å². The van der Waals surface area contributed by atoms with Crippen LogP contribution in [-0.2, 0) is 6.42 Å². The van der Waals surface area contributed by atoms with E-state index in [1.54, 1.807) is 18.6 Å². The molecule has 0 saturated carbocycles. The van der Waals surface area contributed by atoms with Gasteiger partial charge < -0.3 is 16.0 Å². The van der Waals surface area contributed by atoms with Gasteiger partial charge in [-0.25, -0.2) is 9.97 Å². The van der Waals surface area contributed by atoms with Crippen LogP contribution in [0.4, 0.5) is 11.4 Å². The lowest BCUT2D eigenvalue weighted by Crippen LogP contribution is -2.04. The SMILES string of the molecule is C=C(Nc1cncc(-c2ccc(N)c(Cc3nc4nccc(-c5ccccn5)c4[nH]3)c2)c1)C(C)C. The second-order valence-corrected chi connectivity index (χ2v) is 8.81. The molecule has 0 unspecified atom stereocenters. The second-order valence-electron chi connectivity index (χ2n) is 8.81. The van der Waals surface area contributed by atoms with E-state index in [2.05, 4.69) is 57.8 Å². The Hall–Kier alpha value is -4.52. The second kappa shape index (κ2) is 9.38. The molecule has 7 nitrogen and oxygen atoms in total. The van der Waals surface area contributed by atoms with Crippen molar-refractivity contribution in [2.75, 3.05) is 11.1 Å². The fourth-order valence-electron chi connectivity index (χ4n) is 3.89. The summed E-state index contributed by atoms with van der Waals surface area (Å²) in [6, 6.07) is 15.9. The van der Waals surface area contributed by atoms with Gasteiger partial charge in [-0.3, -0.25) is 9.97 Å². The molecule has 0 amide bonds. The summed E-state index contributed by atoms with van der Waals surface area (Å²) in [6.07, 6.45) is 7.74. The minimum absolute atomic E-state index is 0.332. The Labute approximate surface area is 204 Å². The fourth-order valence-corrected chi connectivity index (χ4v) is 3.89. The van der Waals surface area contributed by atoms with E-state index in [0.717, 1.165) is 50.7 Å². The highest BCUT2D eigenvalue weighted by Crippen LogP contribution is 2.29. The van der Waals surface area contributed by atoms with Crippen LogP contribution in [0.25, 0.3) is 33.5 Å². The van der Waals surface area contributed by atoms with Crippen molar-refractivity contribution in [3.05, 3.63) is 97.0 Å². The molecule has 0 spiro atoms. The zero-order valence-corrected chi connectivity index (χ0v) is 19.8. The Balaban J connectivity index is 1.45. The van der Waals surface area contributed by atoms with Crippen molar-refractivity contribution < 1.29 is 0 Å². The lowest BCUT2D eigenvalue weighted by Gasteiger charge is -2.14. The first-order valence-electron chi connectivity index (χ1n) is 11.5. The third-order valence-corrected chi connectivity index (χ3v) is 5.96. The predicted molar refractivity (Wildman–Crippen MR) is 142 cm³/mol. The number of benzene rings is 1. The van der Waals surface area contributed by atoms with Gasteiger partial charge in [0.05, 0.1) is 23.1 Å². The Morgan fingerprint density at radius 3 is 2.71 bits per heavy atom. The summed E-state index contributed by atoms with van der Waals surface area (Å²) in [6.45, 7) is 8.30. The molecule has 4 aromatic heterocycles. The third-order valence-electron chi connectivity index (χ3n) is 5.96. The molecule has 0 aliphatic heterocycles. The molecule has 0 aliphatic carbocycles. The number of imidazole rings is 1. The van der Waals surface area contributed by atoms with Crippen LogP contribution in [0.5, 0.6) is 0 Å². The molecule has 35 heavy (non-hydrogen) atoms. The van der Waals surface area contributed by atoms with E-state index in [4.69, 9.17) is 10.7 Å². The summed E-state index contributed by atoms with van der Waals surface area (Å²) in [7, 11) is 0. The van der Waals surface area contributed by atoms with Crippen molar-refractivity contribution >= 4 is 22.5 Å². The average Bonchev–Trinajstić information content (AvgIpc) is 3.28. The number of nitrogens with zero attached hydrogens (tertiary/aromatic N) is 4. The topological polar surface area (TPSA) is 105 Å². The number of aromatic amines is 1. The summed E-state index contributed by atoms with van der Waals surface area (Å²) in [4.78, 5) is 21.5. The van der Waals surface area contributed by atoms with Gasteiger partial charge in [0.2, 0.25) is 0 Å². The van der Waals surface area contributed by atoms with Crippen molar-refractivity contribution in [2.45, 2.75) is 20.3 Å². The Morgan fingerprint density at radius 1 is 1.03 bits per heavy atom. The summed E-state index contributed by atoms with van der Waals surface area (Å²) in [5.74, 6) is 1.12. The van der Waals surface area contributed by atoms with Gasteiger partial charge in [0.15, 0.2) is 5.65 Å². The smallest absolute Gasteiger partial charge is 0.178 e. The first kappa shape index (κ1) is 22.3. The van der Waals surface area contributed by atoms with Gasteiger partial charge in [-0.15, -0.1) is 0 Å². The van der Waals surface area contributed by atoms with Crippen LogP contribution in [0.15, 0.2) is 85.6 Å². The van der Waals surface area contributed by atoms with Gasteiger partial charge in [0.1, 0.15) is 5.82 Å². The van der Waals surface area contributed by atoms with Crippen LogP contribution in [0.2, 0.25) is 0 Å². The van der Waals surface area contributed by atoms with Crippen LogP contribution in [0.1, 0.15) is 25.2 Å². The van der Waals surface area contributed by atoms with Crippen LogP contribution in [-0.4, -0.2) is 24.9 Å². The first-order chi connectivity index (χ1) is 17.0. The normalized spacial score (nSPS) is 11.2. The van der Waals surface area contributed by atoms with Crippen molar-refractivity contribution in [3.63, 3.8) is 0 Å². The summed E-state index contributed by atoms with van der Waals surface area (Å²) >= 11 is 0. The lowest BCUT2D eigenvalue weighted by molar-refractivity contribution is 0.778. The maximum atomic E-state index is 6.35. The van der Waals surface area contributed by atoms with E-state index in [-0.39, 0.29) is 0 Å². The molecule has 0 aliphatic rings. The van der Waals surface area contributed by atoms with E-state index in [1.165, 1.54) is 0 Å². The number of hydrogen-bond acceptors (Lipinski definition) is 6. The van der Waals surface area contributed by atoms with Crippen LogP contribution < -0.4 is 11.1 Å². The van der Waals surface area contributed by atoms with E-state index in [9.17, 15) is 0 Å². The number of nitrogens with one attached hydrogen (secondary N) is 2. The molecule has 5 rings (SSSR count). The van der Waals surface area contributed by atoms with Crippen LogP contribution >= 0.6 is 0 Å². The summed E-state index contributed by atoms with van der Waals surface area (Å²) in [5, 5.41) is 3.34. The number of allylic oxidation sites excluding steroid dienone is 1. The number of rotatable bonds is 7. The van der Waals surface area contributed by atoms with E-state index in [1.807, 2.05) is 42.6 Å². The monoisotopic (exact) mass is 461 g/mol. The van der Waals surface area contributed by atoms with Gasteiger partial charge >= 0.3 is 0 Å². The summed E-state index contributed by atoms with van der Waals surface area (Å²) in [5.41, 5.74) is 15.3. The van der Waals surface area contributed by atoms with Gasteiger partial charge in [-0.05, 0) is 53.4 Å². The molecule has 174 valence electrons. The Kier molecular flexibility index (Phi) is 5.97. The number of hydrogen-bond donors (Lipinski definition) is 3. The highest BCUT2D eigenvalue weighted by atomic mass is 15.0. The Bertz CT molecular complexity index is 1500. The molecule has 5 aromatic rings. The molecule has 0 bridgehead atoms. The number of nitrogens with two attached hydrogens (primary N) is 1. The largest absolute Gasteiger partial charge is 0.398 e. The van der Waals surface area contributed by atoms with Gasteiger partial charge in [0.25, 0.3) is 0 Å². The number of aromatic nitrogens is 5. The highest BCUT2D eigenvalue weighted by Gasteiger charge is 2.13. The minimum atomic E-state index is 0.332. The quantitative estimate of drug-likeness (QED) is 0.263. The van der Waals surface area contributed by atoms with Crippen molar-refractivity contribution in [3.8, 4) is 22.4 Å². The molecule has 0 saturated heterocycles. The molecule has 0 atom stereocenters. The standard InChI is InChI=1S/C28H27N7/c1-17(2)18(3)33-22-13-21(15-30-16-22)19-7-8-24(29)20(12-19)14-26-34-27-23(9-11-32-28(27)35-26)25-6-4-5-10-31-25/h4-13,15-17,33H,3,14,29H2,1-2H3,(H,32,34,35). The Morgan fingerprint density at radius 2 is 1.91 bits per heavy atom. The molecule has 1 aromatic carbocycles. The summed E-state index contributed by atoms with van der Waals surface area (Å²) < 4.78 is 0. The fraction of sp³-hybridized carbons (Fsp3) is 0.143. The van der Waals surface area contributed by atoms with Crippen LogP contribution in [0.3, 0.4) is 0 Å². The van der Waals surface area contributed by atoms with Gasteiger partial charge in [-0.1, -0.05) is 32.6 Å². The molecular formula is C28H27N7. The van der Waals surface area contributed by atoms with Crippen molar-refractivity contribution in [1.82, 2.24) is 24.9 Å². The molecule has 0 fully saturated rings. The minimum Gasteiger partial charge on any atom is -0.398 e. The van der Waals surface area contributed by atoms with E-state index in [0.29, 0.717) is 23.7 Å². The van der Waals surface area contributed by atoms with Gasteiger partial charge in [-0.2, -0.15) is 0 Å². The number of pyridine rings is 3. The highest BCUT2D eigenvalue weighted by molar-refractivity contribution is 5.88. The number of fused-ring (bicyclic) bond motifs is 1. The zero-order valence-electron chi connectivity index (χ0n) is 19.8. The maximum Gasteiger partial charge on any atom is 0.178 e. The van der Waals surface area contributed by atoms with Crippen LogP contribution in [0, 0.1) is 5.92 Å². The first-order valence-corrected chi connectivity index (χ1v) is 11.5. The average molecular weight is 462 g/mol. The lowest BCUT2D eigenvalue weighted by atomic mass is 10.0. The number of H-pyrrole nitrogens is 1. The van der Waals surface area contributed by atoms with Gasteiger partial charge in [0, 0.05) is 47.5 Å².